The van der Waals surface area contributed by atoms with Crippen LogP contribution in [0.25, 0.3) is 0 Å². The molecule has 2 amide bonds. The number of carbonyl (C=O) groups is 1. The van der Waals surface area contributed by atoms with E-state index in [4.69, 9.17) is 0 Å². The van der Waals surface area contributed by atoms with Gasteiger partial charge in [0.25, 0.3) is 0 Å². The van der Waals surface area contributed by atoms with Crippen molar-refractivity contribution in [3.8, 4) is 0 Å². The number of nitrogens with one attached hydrogen (secondary N) is 1. The molecule has 23 heavy (non-hydrogen) atoms. The second-order valence-electron chi connectivity index (χ2n) is 6.51. The molecule has 0 aliphatic carbocycles. The molecule has 1 fully saturated rings. The highest BCUT2D eigenvalue weighted by Crippen LogP contribution is 2.33. The lowest BCUT2D eigenvalue weighted by Crippen LogP contribution is -2.34. The van der Waals surface area contributed by atoms with Gasteiger partial charge in [-0.25, -0.2) is 4.79 Å². The number of amides is 2. The number of anilines is 1. The van der Waals surface area contributed by atoms with Gasteiger partial charge in [0, 0.05) is 12.2 Å². The second kappa shape index (κ2) is 6.45. The summed E-state index contributed by atoms with van der Waals surface area (Å²) in [6, 6.07) is 14.8. The predicted molar refractivity (Wildman–Crippen MR) is 94.8 cm³/mol. The van der Waals surface area contributed by atoms with Crippen molar-refractivity contribution >= 4 is 11.7 Å². The molecule has 0 saturated carbocycles. The lowest BCUT2D eigenvalue weighted by Gasteiger charge is -2.26. The third-order valence-electron chi connectivity index (χ3n) is 4.58. The Morgan fingerprint density at radius 2 is 1.87 bits per heavy atom. The summed E-state index contributed by atoms with van der Waals surface area (Å²) in [5.41, 5.74) is 5.63. The van der Waals surface area contributed by atoms with Gasteiger partial charge in [0.1, 0.15) is 0 Å². The summed E-state index contributed by atoms with van der Waals surface area (Å²) in [6.45, 7) is 6.98. The van der Waals surface area contributed by atoms with Crippen molar-refractivity contribution in [3.05, 3.63) is 64.7 Å². The van der Waals surface area contributed by atoms with Gasteiger partial charge in [-0.3, -0.25) is 0 Å². The van der Waals surface area contributed by atoms with Crippen molar-refractivity contribution in [2.24, 2.45) is 0 Å². The van der Waals surface area contributed by atoms with Crippen LogP contribution in [-0.4, -0.2) is 17.5 Å². The first-order valence-electron chi connectivity index (χ1n) is 8.26. The first-order valence-corrected chi connectivity index (χ1v) is 8.26. The van der Waals surface area contributed by atoms with Crippen molar-refractivity contribution in [2.75, 3.05) is 11.9 Å². The normalized spacial score (nSPS) is 17.3. The minimum Gasteiger partial charge on any atom is -0.317 e. The Morgan fingerprint density at radius 3 is 2.65 bits per heavy atom. The first-order chi connectivity index (χ1) is 11.0. The highest BCUT2D eigenvalue weighted by Gasteiger charge is 2.30. The monoisotopic (exact) mass is 308 g/mol. The molecular weight excluding hydrogens is 284 g/mol. The number of rotatable bonds is 2. The van der Waals surface area contributed by atoms with E-state index in [-0.39, 0.29) is 12.1 Å². The lowest BCUT2D eigenvalue weighted by molar-refractivity contribution is 0.207. The number of nitrogens with zero attached hydrogens (tertiary/aromatic N) is 1. The maximum atomic E-state index is 12.8. The zero-order chi connectivity index (χ0) is 16.4. The third-order valence-corrected chi connectivity index (χ3v) is 4.58. The highest BCUT2D eigenvalue weighted by molar-refractivity contribution is 5.90. The number of likely N-dealkylation sites (tertiary alicyclic amines) is 1. The summed E-state index contributed by atoms with van der Waals surface area (Å²) < 4.78 is 0. The molecule has 0 bridgehead atoms. The van der Waals surface area contributed by atoms with Crippen LogP contribution in [0.3, 0.4) is 0 Å². The Morgan fingerprint density at radius 1 is 1.09 bits per heavy atom. The average Bonchev–Trinajstić information content (AvgIpc) is 3.00. The predicted octanol–water partition coefficient (Wildman–Crippen LogP) is 4.98. The number of aryl methyl sites for hydroxylation is 3. The van der Waals surface area contributed by atoms with Crippen LogP contribution in [0.5, 0.6) is 0 Å². The summed E-state index contributed by atoms with van der Waals surface area (Å²) in [6.07, 6.45) is 2.09. The average molecular weight is 308 g/mol. The first kappa shape index (κ1) is 15.6. The van der Waals surface area contributed by atoms with E-state index < -0.39 is 0 Å². The van der Waals surface area contributed by atoms with Crippen LogP contribution < -0.4 is 5.32 Å². The van der Waals surface area contributed by atoms with E-state index in [1.807, 2.05) is 30.9 Å². The van der Waals surface area contributed by atoms with Crippen molar-refractivity contribution in [1.29, 1.82) is 0 Å². The molecule has 0 radical (unpaired) electrons. The standard InChI is InChI=1S/C20H24N2O/c1-14-6-4-7-17(12-14)19-8-5-11-22(19)20(23)21-18-13-15(2)9-10-16(18)3/h4,6-7,9-10,12-13,19H,5,8,11H2,1-3H3,(H,21,23)/t19-/m1/s1. The van der Waals surface area contributed by atoms with Gasteiger partial charge in [0.2, 0.25) is 0 Å². The Kier molecular flexibility index (Phi) is 4.37. The SMILES string of the molecule is Cc1cccc([C@H]2CCCN2C(=O)Nc2cc(C)ccc2C)c1. The zero-order valence-electron chi connectivity index (χ0n) is 14.1. The molecule has 0 aromatic heterocycles. The maximum absolute atomic E-state index is 12.8. The van der Waals surface area contributed by atoms with Crippen LogP contribution in [-0.2, 0) is 0 Å². The third kappa shape index (κ3) is 3.39. The van der Waals surface area contributed by atoms with E-state index >= 15 is 0 Å². The molecule has 1 aliphatic rings. The van der Waals surface area contributed by atoms with Gasteiger partial charge in [-0.2, -0.15) is 0 Å². The molecule has 3 nitrogen and oxygen atoms in total. The van der Waals surface area contributed by atoms with E-state index in [1.54, 1.807) is 0 Å². The van der Waals surface area contributed by atoms with E-state index in [2.05, 4.69) is 42.6 Å². The number of benzene rings is 2. The zero-order valence-corrected chi connectivity index (χ0v) is 14.1. The summed E-state index contributed by atoms with van der Waals surface area (Å²) in [5.74, 6) is 0. The molecule has 3 heteroatoms. The summed E-state index contributed by atoms with van der Waals surface area (Å²) in [4.78, 5) is 14.7. The fourth-order valence-electron chi connectivity index (χ4n) is 3.29. The Hall–Kier alpha value is -2.29. The largest absolute Gasteiger partial charge is 0.322 e. The Labute approximate surface area is 138 Å². The van der Waals surface area contributed by atoms with Gasteiger partial charge in [0.15, 0.2) is 0 Å². The molecule has 0 unspecified atom stereocenters. The molecule has 1 saturated heterocycles. The van der Waals surface area contributed by atoms with Gasteiger partial charge < -0.3 is 10.2 Å². The molecular formula is C20H24N2O. The molecule has 1 aliphatic heterocycles. The summed E-state index contributed by atoms with van der Waals surface area (Å²) in [7, 11) is 0. The minimum absolute atomic E-state index is 0.00251. The topological polar surface area (TPSA) is 32.3 Å². The van der Waals surface area contributed by atoms with Crippen LogP contribution in [0.4, 0.5) is 10.5 Å². The summed E-state index contributed by atoms with van der Waals surface area (Å²) in [5, 5.41) is 3.09. The molecule has 3 rings (SSSR count). The second-order valence-corrected chi connectivity index (χ2v) is 6.51. The van der Waals surface area contributed by atoms with Crippen molar-refractivity contribution < 1.29 is 4.79 Å². The van der Waals surface area contributed by atoms with Gasteiger partial charge in [-0.1, -0.05) is 42.0 Å². The molecule has 2 aromatic rings. The number of carbonyl (C=O) groups excluding carboxylic acids is 1. The van der Waals surface area contributed by atoms with Crippen LogP contribution in [0.2, 0.25) is 0 Å². The molecule has 1 N–H and O–H groups in total. The van der Waals surface area contributed by atoms with E-state index in [0.29, 0.717) is 0 Å². The summed E-state index contributed by atoms with van der Waals surface area (Å²) >= 11 is 0. The Balaban J connectivity index is 1.79. The van der Waals surface area contributed by atoms with Crippen LogP contribution in [0.1, 0.15) is 41.1 Å². The molecule has 2 aromatic carbocycles. The number of hydrogen-bond acceptors (Lipinski definition) is 1. The van der Waals surface area contributed by atoms with Crippen molar-refractivity contribution in [3.63, 3.8) is 0 Å². The van der Waals surface area contributed by atoms with Crippen molar-refractivity contribution in [2.45, 2.75) is 39.7 Å². The highest BCUT2D eigenvalue weighted by atomic mass is 16.2. The van der Waals surface area contributed by atoms with Gasteiger partial charge >= 0.3 is 6.03 Å². The van der Waals surface area contributed by atoms with Crippen LogP contribution in [0.15, 0.2) is 42.5 Å². The van der Waals surface area contributed by atoms with E-state index in [0.717, 1.165) is 36.2 Å². The molecule has 1 heterocycles. The minimum atomic E-state index is 0.00251. The molecule has 0 spiro atoms. The van der Waals surface area contributed by atoms with Gasteiger partial charge in [0.05, 0.1) is 6.04 Å². The van der Waals surface area contributed by atoms with Gasteiger partial charge in [-0.05, 0) is 56.4 Å². The number of urea groups is 1. The van der Waals surface area contributed by atoms with Crippen LogP contribution in [0, 0.1) is 20.8 Å². The molecule has 1 atom stereocenters. The molecule has 120 valence electrons. The van der Waals surface area contributed by atoms with Crippen molar-refractivity contribution in [1.82, 2.24) is 4.90 Å². The lowest BCUT2D eigenvalue weighted by atomic mass is 10.0. The smallest absolute Gasteiger partial charge is 0.317 e. The van der Waals surface area contributed by atoms with E-state index in [1.165, 1.54) is 11.1 Å². The number of hydrogen-bond donors (Lipinski definition) is 1. The fourth-order valence-corrected chi connectivity index (χ4v) is 3.29. The maximum Gasteiger partial charge on any atom is 0.322 e. The van der Waals surface area contributed by atoms with E-state index in [9.17, 15) is 4.79 Å². The Bertz CT molecular complexity index is 723. The van der Waals surface area contributed by atoms with Crippen LogP contribution >= 0.6 is 0 Å². The quantitative estimate of drug-likeness (QED) is 0.833. The fraction of sp³-hybridized carbons (Fsp3) is 0.350. The van der Waals surface area contributed by atoms with Gasteiger partial charge in [-0.15, -0.1) is 0 Å².